The monoisotopic (exact) mass is 357 g/mol. The normalized spacial score (nSPS) is 12.1. The van der Waals surface area contributed by atoms with Crippen LogP contribution < -0.4 is 10.9 Å². The molecule has 0 radical (unpaired) electrons. The molecule has 0 unspecified atom stereocenters. The van der Waals surface area contributed by atoms with Crippen molar-refractivity contribution in [1.29, 1.82) is 0 Å². The van der Waals surface area contributed by atoms with E-state index in [1.54, 1.807) is 31.2 Å². The summed E-state index contributed by atoms with van der Waals surface area (Å²) in [6, 6.07) is 6.64. The first-order chi connectivity index (χ1) is 11.9. The van der Waals surface area contributed by atoms with E-state index in [2.05, 4.69) is 25.3 Å². The Kier molecular flexibility index (Phi) is 4.66. The third kappa shape index (κ3) is 3.77. The lowest BCUT2D eigenvalue weighted by atomic mass is 10.1. The Bertz CT molecular complexity index is 993. The highest BCUT2D eigenvalue weighted by atomic mass is 32.2. The molecule has 0 aliphatic rings. The van der Waals surface area contributed by atoms with Gasteiger partial charge in [-0.2, -0.15) is 0 Å². The molecule has 25 heavy (non-hydrogen) atoms. The summed E-state index contributed by atoms with van der Waals surface area (Å²) in [5.74, 6) is -0.282. The van der Waals surface area contributed by atoms with Crippen LogP contribution >= 0.6 is 11.8 Å². The van der Waals surface area contributed by atoms with Gasteiger partial charge in [0.2, 0.25) is 5.91 Å². The summed E-state index contributed by atoms with van der Waals surface area (Å²) in [5, 5.41) is 2.59. The molecule has 3 rings (SSSR count). The standard InChI is InChI=1S/C16H15N5O3S/c1-8(22)10-3-5-11(6-4-10)19-14(23)9(2)25-16-20-13-12(15(24)21-16)17-7-18-13/h3-7,9H,1-2H3,(H,19,23)(H2,17,18,20,21,24)/t9-/m1/s1. The Labute approximate surface area is 146 Å². The largest absolute Gasteiger partial charge is 0.339 e. The molecule has 8 nitrogen and oxygen atoms in total. The number of hydrogen-bond acceptors (Lipinski definition) is 6. The van der Waals surface area contributed by atoms with Gasteiger partial charge in [0.25, 0.3) is 5.56 Å². The smallest absolute Gasteiger partial charge is 0.277 e. The van der Waals surface area contributed by atoms with Crippen molar-refractivity contribution in [2.45, 2.75) is 24.3 Å². The summed E-state index contributed by atoms with van der Waals surface area (Å²) in [6.07, 6.45) is 1.39. The summed E-state index contributed by atoms with van der Waals surface area (Å²) in [6.45, 7) is 3.19. The fourth-order valence-corrected chi connectivity index (χ4v) is 2.92. The summed E-state index contributed by atoms with van der Waals surface area (Å²) in [4.78, 5) is 48.9. The lowest BCUT2D eigenvalue weighted by Crippen LogP contribution is -2.23. The molecule has 2 heterocycles. The number of thioether (sulfide) groups is 1. The predicted molar refractivity (Wildman–Crippen MR) is 94.9 cm³/mol. The summed E-state index contributed by atoms with van der Waals surface area (Å²) in [7, 11) is 0. The molecule has 3 N–H and O–H groups in total. The van der Waals surface area contributed by atoms with E-state index in [1.165, 1.54) is 13.3 Å². The van der Waals surface area contributed by atoms with Crippen molar-refractivity contribution in [2.75, 3.05) is 5.32 Å². The van der Waals surface area contributed by atoms with Crippen molar-refractivity contribution in [3.63, 3.8) is 0 Å². The minimum absolute atomic E-state index is 0.0365. The van der Waals surface area contributed by atoms with Gasteiger partial charge in [0.15, 0.2) is 22.1 Å². The van der Waals surface area contributed by atoms with E-state index in [0.717, 1.165) is 11.8 Å². The first kappa shape index (κ1) is 16.9. The van der Waals surface area contributed by atoms with Crippen LogP contribution in [0.3, 0.4) is 0 Å². The van der Waals surface area contributed by atoms with Gasteiger partial charge >= 0.3 is 0 Å². The lowest BCUT2D eigenvalue weighted by Gasteiger charge is -2.11. The zero-order valence-corrected chi connectivity index (χ0v) is 14.3. The molecule has 9 heteroatoms. The second-order valence-corrected chi connectivity index (χ2v) is 6.68. The molecule has 1 aromatic carbocycles. The summed E-state index contributed by atoms with van der Waals surface area (Å²) < 4.78 is 0. The lowest BCUT2D eigenvalue weighted by molar-refractivity contribution is -0.115. The Hall–Kier alpha value is -2.94. The number of carbonyl (C=O) groups excluding carboxylic acids is 2. The van der Waals surface area contributed by atoms with Gasteiger partial charge in [0.05, 0.1) is 11.6 Å². The van der Waals surface area contributed by atoms with Crippen LogP contribution in [0.4, 0.5) is 5.69 Å². The average Bonchev–Trinajstić information content (AvgIpc) is 3.04. The van der Waals surface area contributed by atoms with Gasteiger partial charge in [-0.05, 0) is 38.1 Å². The van der Waals surface area contributed by atoms with E-state index in [0.29, 0.717) is 27.6 Å². The van der Waals surface area contributed by atoms with Crippen LogP contribution in [0.2, 0.25) is 0 Å². The molecule has 0 aliphatic carbocycles. The van der Waals surface area contributed by atoms with Crippen molar-refractivity contribution < 1.29 is 9.59 Å². The predicted octanol–water partition coefficient (Wildman–Crippen LogP) is 1.97. The third-order valence-electron chi connectivity index (χ3n) is 3.49. The molecule has 0 saturated heterocycles. The molecule has 2 aromatic heterocycles. The molecule has 0 fully saturated rings. The number of nitrogens with zero attached hydrogens (tertiary/aromatic N) is 2. The molecule has 1 atom stereocenters. The van der Waals surface area contributed by atoms with Gasteiger partial charge < -0.3 is 10.3 Å². The Morgan fingerprint density at radius 3 is 2.64 bits per heavy atom. The Morgan fingerprint density at radius 1 is 1.24 bits per heavy atom. The van der Waals surface area contributed by atoms with E-state index in [9.17, 15) is 14.4 Å². The summed E-state index contributed by atoms with van der Waals surface area (Å²) in [5.41, 5.74) is 1.43. The zero-order valence-electron chi connectivity index (χ0n) is 13.5. The first-order valence-corrected chi connectivity index (χ1v) is 8.34. The van der Waals surface area contributed by atoms with Gasteiger partial charge in [-0.15, -0.1) is 0 Å². The van der Waals surface area contributed by atoms with Crippen LogP contribution in [-0.4, -0.2) is 36.9 Å². The number of carbonyl (C=O) groups is 2. The molecule has 3 aromatic rings. The van der Waals surface area contributed by atoms with Crippen molar-refractivity contribution in [2.24, 2.45) is 0 Å². The number of imidazole rings is 1. The highest BCUT2D eigenvalue weighted by Gasteiger charge is 2.17. The Balaban J connectivity index is 1.69. The maximum atomic E-state index is 12.3. The molecule has 0 bridgehead atoms. The zero-order chi connectivity index (χ0) is 18.0. The number of fused-ring (bicyclic) bond motifs is 1. The van der Waals surface area contributed by atoms with E-state index in [1.807, 2.05) is 0 Å². The first-order valence-electron chi connectivity index (χ1n) is 7.46. The Morgan fingerprint density at radius 2 is 1.96 bits per heavy atom. The number of rotatable bonds is 5. The van der Waals surface area contributed by atoms with Crippen molar-refractivity contribution in [3.05, 3.63) is 46.5 Å². The van der Waals surface area contributed by atoms with Gasteiger partial charge in [0, 0.05) is 11.3 Å². The second-order valence-electron chi connectivity index (χ2n) is 5.36. The number of nitrogens with one attached hydrogen (secondary N) is 3. The molecular formula is C16H15N5O3S. The summed E-state index contributed by atoms with van der Waals surface area (Å²) >= 11 is 1.12. The number of aromatic amines is 2. The van der Waals surface area contributed by atoms with E-state index in [-0.39, 0.29) is 17.2 Å². The molecule has 1 amide bonds. The third-order valence-corrected chi connectivity index (χ3v) is 4.48. The van der Waals surface area contributed by atoms with Gasteiger partial charge in [-0.25, -0.2) is 9.97 Å². The minimum Gasteiger partial charge on any atom is -0.339 e. The van der Waals surface area contributed by atoms with Crippen molar-refractivity contribution >= 4 is 40.3 Å². The van der Waals surface area contributed by atoms with Gasteiger partial charge in [-0.1, -0.05) is 11.8 Å². The van der Waals surface area contributed by atoms with Crippen molar-refractivity contribution in [3.8, 4) is 0 Å². The van der Waals surface area contributed by atoms with Gasteiger partial charge in [-0.3, -0.25) is 19.4 Å². The van der Waals surface area contributed by atoms with Crippen molar-refractivity contribution in [1.82, 2.24) is 19.9 Å². The van der Waals surface area contributed by atoms with E-state index >= 15 is 0 Å². The highest BCUT2D eigenvalue weighted by molar-refractivity contribution is 8.00. The number of hydrogen-bond donors (Lipinski definition) is 3. The highest BCUT2D eigenvalue weighted by Crippen LogP contribution is 2.21. The van der Waals surface area contributed by atoms with E-state index < -0.39 is 5.25 Å². The fourth-order valence-electron chi connectivity index (χ4n) is 2.13. The maximum Gasteiger partial charge on any atom is 0.277 e. The number of H-pyrrole nitrogens is 2. The minimum atomic E-state index is -0.493. The molecule has 0 saturated carbocycles. The SMILES string of the molecule is CC(=O)c1ccc(NC(=O)[C@@H](C)Sc2nc3nc[nH]c3c(=O)[nH]2)cc1. The average molecular weight is 357 g/mol. The van der Waals surface area contributed by atoms with Crippen LogP contribution in [0.5, 0.6) is 0 Å². The maximum absolute atomic E-state index is 12.3. The number of amides is 1. The van der Waals surface area contributed by atoms with Crippen LogP contribution in [-0.2, 0) is 4.79 Å². The number of benzene rings is 1. The number of Topliss-reactive ketones (excluding diaryl/α,β-unsaturated/α-hetero) is 1. The molecule has 0 aliphatic heterocycles. The topological polar surface area (TPSA) is 121 Å². The second kappa shape index (κ2) is 6.89. The van der Waals surface area contributed by atoms with Crippen LogP contribution in [0.15, 0.2) is 40.5 Å². The molecular weight excluding hydrogens is 342 g/mol. The molecule has 0 spiro atoms. The fraction of sp³-hybridized carbons (Fsp3) is 0.188. The van der Waals surface area contributed by atoms with Crippen LogP contribution in [0.25, 0.3) is 11.2 Å². The van der Waals surface area contributed by atoms with Crippen LogP contribution in [0.1, 0.15) is 24.2 Å². The van der Waals surface area contributed by atoms with E-state index in [4.69, 9.17) is 0 Å². The number of aromatic nitrogens is 4. The van der Waals surface area contributed by atoms with Crippen LogP contribution in [0, 0.1) is 0 Å². The molecule has 128 valence electrons. The van der Waals surface area contributed by atoms with Gasteiger partial charge in [0.1, 0.15) is 0 Å². The number of ketones is 1. The number of anilines is 1. The quantitative estimate of drug-likeness (QED) is 0.365.